The van der Waals surface area contributed by atoms with Gasteiger partial charge in [0.25, 0.3) is 11.7 Å². The number of Topliss-reactive ketones (excluding diaryl/α,β-unsaturated/α-hetero) is 1. The number of likely N-dealkylation sites (tertiary alicyclic amines) is 1. The van der Waals surface area contributed by atoms with E-state index in [0.29, 0.717) is 18.0 Å². The third kappa shape index (κ3) is 4.88. The molecule has 2 aromatic rings. The van der Waals surface area contributed by atoms with E-state index in [4.69, 9.17) is 0 Å². The molecular weight excluding hydrogens is 388 g/mol. The molecule has 2 aromatic carbocycles. The van der Waals surface area contributed by atoms with E-state index in [2.05, 4.69) is 18.7 Å². The Balaban J connectivity index is 2.08. The van der Waals surface area contributed by atoms with Crippen LogP contribution in [0.25, 0.3) is 5.76 Å². The van der Waals surface area contributed by atoms with E-state index >= 15 is 0 Å². The van der Waals surface area contributed by atoms with Gasteiger partial charge in [0.15, 0.2) is 0 Å². The molecule has 0 spiro atoms. The van der Waals surface area contributed by atoms with Crippen LogP contribution in [-0.2, 0) is 9.59 Å². The Labute approximate surface area is 185 Å². The van der Waals surface area contributed by atoms with Crippen LogP contribution in [-0.4, -0.2) is 53.8 Å². The van der Waals surface area contributed by atoms with Crippen LogP contribution < -0.4 is 0 Å². The van der Waals surface area contributed by atoms with Crippen molar-refractivity contribution in [3.8, 4) is 0 Å². The van der Waals surface area contributed by atoms with Crippen molar-refractivity contribution < 1.29 is 14.7 Å². The number of carbonyl (C=O) groups excluding carboxylic acids is 2. The highest BCUT2D eigenvalue weighted by Gasteiger charge is 2.45. The molecule has 1 heterocycles. The maximum Gasteiger partial charge on any atom is 0.295 e. The van der Waals surface area contributed by atoms with E-state index < -0.39 is 17.7 Å². The Morgan fingerprint density at radius 1 is 1.03 bits per heavy atom. The Morgan fingerprint density at radius 3 is 2.19 bits per heavy atom. The van der Waals surface area contributed by atoms with Gasteiger partial charge in [-0.25, -0.2) is 0 Å². The zero-order valence-corrected chi connectivity index (χ0v) is 19.1. The summed E-state index contributed by atoms with van der Waals surface area (Å²) in [6.07, 6.45) is 0.741. The molecule has 1 amide bonds. The fourth-order valence-corrected chi connectivity index (χ4v) is 3.94. The second-order valence-corrected chi connectivity index (χ2v) is 8.84. The number of hydrogen-bond acceptors (Lipinski definition) is 4. The largest absolute Gasteiger partial charge is 0.507 e. The van der Waals surface area contributed by atoms with Crippen molar-refractivity contribution in [1.82, 2.24) is 9.80 Å². The summed E-state index contributed by atoms with van der Waals surface area (Å²) >= 11 is 0. The van der Waals surface area contributed by atoms with Crippen molar-refractivity contribution in [1.29, 1.82) is 0 Å². The average molecular weight is 421 g/mol. The SMILES string of the molecule is Cc1ccc(/C(O)=C2/C(=O)C(=O)N(CCCN(C)C)C2c2ccc(C(C)C)cc2)cc1. The number of amides is 1. The van der Waals surface area contributed by atoms with Gasteiger partial charge in [-0.2, -0.15) is 0 Å². The minimum atomic E-state index is -0.624. The molecule has 1 fully saturated rings. The normalized spacial score (nSPS) is 18.4. The highest BCUT2D eigenvalue weighted by molar-refractivity contribution is 6.46. The molecule has 31 heavy (non-hydrogen) atoms. The highest BCUT2D eigenvalue weighted by atomic mass is 16.3. The first-order valence-corrected chi connectivity index (χ1v) is 10.8. The lowest BCUT2D eigenvalue weighted by Crippen LogP contribution is -2.32. The van der Waals surface area contributed by atoms with Gasteiger partial charge in [0.05, 0.1) is 11.6 Å². The predicted molar refractivity (Wildman–Crippen MR) is 124 cm³/mol. The Bertz CT molecular complexity index is 973. The van der Waals surface area contributed by atoms with Gasteiger partial charge in [0.1, 0.15) is 5.76 Å². The van der Waals surface area contributed by atoms with Crippen LogP contribution in [0.15, 0.2) is 54.1 Å². The van der Waals surface area contributed by atoms with Crippen LogP contribution in [0.3, 0.4) is 0 Å². The Kier molecular flexibility index (Phi) is 6.96. The van der Waals surface area contributed by atoms with Crippen LogP contribution >= 0.6 is 0 Å². The van der Waals surface area contributed by atoms with Gasteiger partial charge in [-0.05, 0) is 51.0 Å². The van der Waals surface area contributed by atoms with Crippen molar-refractivity contribution in [3.05, 3.63) is 76.4 Å². The topological polar surface area (TPSA) is 60.9 Å². The minimum absolute atomic E-state index is 0.119. The van der Waals surface area contributed by atoms with Crippen LogP contribution in [0.2, 0.25) is 0 Å². The molecule has 164 valence electrons. The van der Waals surface area contributed by atoms with Crippen molar-refractivity contribution in [2.45, 2.75) is 39.2 Å². The molecule has 1 unspecified atom stereocenters. The third-order valence-electron chi connectivity index (χ3n) is 5.79. The quantitative estimate of drug-likeness (QED) is 0.407. The number of rotatable bonds is 7. The van der Waals surface area contributed by atoms with Crippen molar-refractivity contribution >= 4 is 17.4 Å². The fourth-order valence-electron chi connectivity index (χ4n) is 3.94. The van der Waals surface area contributed by atoms with Crippen molar-refractivity contribution in [3.63, 3.8) is 0 Å². The fraction of sp³-hybridized carbons (Fsp3) is 0.385. The molecule has 5 heteroatoms. The second-order valence-electron chi connectivity index (χ2n) is 8.84. The lowest BCUT2D eigenvalue weighted by Gasteiger charge is -2.26. The van der Waals surface area contributed by atoms with E-state index in [-0.39, 0.29) is 11.3 Å². The average Bonchev–Trinajstić information content (AvgIpc) is 2.98. The molecule has 1 saturated heterocycles. The van der Waals surface area contributed by atoms with Gasteiger partial charge < -0.3 is 14.9 Å². The summed E-state index contributed by atoms with van der Waals surface area (Å²) in [6, 6.07) is 14.7. The first kappa shape index (κ1) is 22.8. The molecule has 0 saturated carbocycles. The summed E-state index contributed by atoms with van der Waals surface area (Å²) in [7, 11) is 3.96. The number of aliphatic hydroxyl groups excluding tert-OH is 1. The van der Waals surface area contributed by atoms with E-state index in [1.807, 2.05) is 57.4 Å². The maximum atomic E-state index is 13.0. The third-order valence-corrected chi connectivity index (χ3v) is 5.79. The van der Waals surface area contributed by atoms with Gasteiger partial charge in [-0.1, -0.05) is 67.9 Å². The van der Waals surface area contributed by atoms with Crippen LogP contribution in [0.5, 0.6) is 0 Å². The van der Waals surface area contributed by atoms with Gasteiger partial charge in [-0.3, -0.25) is 9.59 Å². The van der Waals surface area contributed by atoms with Crippen LogP contribution in [0, 0.1) is 6.92 Å². The predicted octanol–water partition coefficient (Wildman–Crippen LogP) is 4.49. The van der Waals surface area contributed by atoms with Crippen LogP contribution in [0.1, 0.15) is 54.5 Å². The number of aryl methyl sites for hydroxylation is 1. The first-order valence-electron chi connectivity index (χ1n) is 10.8. The smallest absolute Gasteiger partial charge is 0.295 e. The van der Waals surface area contributed by atoms with Crippen molar-refractivity contribution in [2.75, 3.05) is 27.2 Å². The van der Waals surface area contributed by atoms with Gasteiger partial charge in [-0.15, -0.1) is 0 Å². The summed E-state index contributed by atoms with van der Waals surface area (Å²) < 4.78 is 0. The van der Waals surface area contributed by atoms with Gasteiger partial charge in [0, 0.05) is 12.1 Å². The van der Waals surface area contributed by atoms with Crippen LogP contribution in [0.4, 0.5) is 0 Å². The number of carbonyl (C=O) groups is 2. The first-order chi connectivity index (χ1) is 14.7. The standard InChI is InChI=1S/C26H32N2O3/c1-17(2)19-11-13-20(14-12-19)23-22(24(29)21-9-7-18(3)8-10-21)25(30)26(31)28(23)16-6-15-27(4)5/h7-14,17,23,29H,6,15-16H2,1-5H3/b24-22-. The molecular formula is C26H32N2O3. The summed E-state index contributed by atoms with van der Waals surface area (Å²) in [5, 5.41) is 11.1. The molecule has 0 aromatic heterocycles. The number of hydrogen-bond donors (Lipinski definition) is 1. The van der Waals surface area contributed by atoms with E-state index in [1.165, 1.54) is 5.56 Å². The lowest BCUT2D eigenvalue weighted by atomic mass is 9.93. The zero-order chi connectivity index (χ0) is 22.7. The Morgan fingerprint density at radius 2 is 1.65 bits per heavy atom. The summed E-state index contributed by atoms with van der Waals surface area (Å²) in [6.45, 7) is 7.47. The number of aliphatic hydroxyl groups is 1. The van der Waals surface area contributed by atoms with E-state index in [1.54, 1.807) is 17.0 Å². The monoisotopic (exact) mass is 420 g/mol. The minimum Gasteiger partial charge on any atom is -0.507 e. The maximum absolute atomic E-state index is 13.0. The zero-order valence-electron chi connectivity index (χ0n) is 19.1. The van der Waals surface area contributed by atoms with Gasteiger partial charge >= 0.3 is 0 Å². The molecule has 0 radical (unpaired) electrons. The number of ketones is 1. The summed E-state index contributed by atoms with van der Waals surface area (Å²) in [5.41, 5.74) is 3.78. The summed E-state index contributed by atoms with van der Waals surface area (Å²) in [5.74, 6) is -0.911. The molecule has 1 aliphatic rings. The van der Waals surface area contributed by atoms with Crippen molar-refractivity contribution in [2.24, 2.45) is 0 Å². The molecule has 5 nitrogen and oxygen atoms in total. The molecule has 1 aliphatic heterocycles. The molecule has 3 rings (SSSR count). The molecule has 1 N–H and O–H groups in total. The number of benzene rings is 2. The Hall–Kier alpha value is -2.92. The van der Waals surface area contributed by atoms with E-state index in [0.717, 1.165) is 24.1 Å². The number of nitrogens with zero attached hydrogens (tertiary/aromatic N) is 2. The van der Waals surface area contributed by atoms with E-state index in [9.17, 15) is 14.7 Å². The molecule has 0 bridgehead atoms. The lowest BCUT2D eigenvalue weighted by molar-refractivity contribution is -0.139. The molecule has 1 atom stereocenters. The summed E-state index contributed by atoms with van der Waals surface area (Å²) in [4.78, 5) is 29.6. The highest BCUT2D eigenvalue weighted by Crippen LogP contribution is 2.39. The van der Waals surface area contributed by atoms with Gasteiger partial charge in [0.2, 0.25) is 0 Å². The second kappa shape index (κ2) is 9.48. The molecule has 0 aliphatic carbocycles.